The molecule has 0 spiro atoms. The van der Waals surface area contributed by atoms with Crippen molar-refractivity contribution in [1.82, 2.24) is 81.0 Å². The zero-order valence-electron chi connectivity index (χ0n) is 47.8. The van der Waals surface area contributed by atoms with Gasteiger partial charge in [-0.3, -0.25) is 35.5 Å². The predicted molar refractivity (Wildman–Crippen MR) is 322 cm³/mol. The highest BCUT2D eigenvalue weighted by atomic mass is 19.1. The first-order valence-corrected chi connectivity index (χ1v) is 28.4. The lowest BCUT2D eigenvalue weighted by atomic mass is 9.96. The number of nitrogens with zero attached hydrogens (tertiary/aromatic N) is 10. The van der Waals surface area contributed by atoms with E-state index in [0.29, 0.717) is 35.8 Å². The molecule has 424 valence electrons. The van der Waals surface area contributed by atoms with Gasteiger partial charge in [0, 0.05) is 74.3 Å². The van der Waals surface area contributed by atoms with E-state index in [1.54, 1.807) is 18.2 Å². The summed E-state index contributed by atoms with van der Waals surface area (Å²) in [5.41, 5.74) is 10.5. The Morgan fingerprint density at radius 3 is 1.43 bits per heavy atom. The fourth-order valence-corrected chi connectivity index (χ4v) is 10.1. The zero-order chi connectivity index (χ0) is 57.6. The minimum Gasteiger partial charge on any atom is -0.492 e. The Bertz CT molecular complexity index is 4110. The quantitative estimate of drug-likeness (QED) is 0.0601. The molecule has 0 atom stereocenters. The smallest absolute Gasteiger partial charge is 0.181 e. The van der Waals surface area contributed by atoms with Crippen LogP contribution in [0.1, 0.15) is 85.2 Å². The summed E-state index contributed by atoms with van der Waals surface area (Å²) in [5.74, 6) is 6.04. The Labute approximate surface area is 479 Å². The number of aromatic nitrogens is 15. The third-order valence-corrected chi connectivity index (χ3v) is 14.4. The second-order valence-electron chi connectivity index (χ2n) is 23.0. The van der Waals surface area contributed by atoms with Crippen LogP contribution in [0, 0.1) is 23.5 Å². The Hall–Kier alpha value is -9.23. The molecule has 83 heavy (non-hydrogen) atoms. The molecule has 1 saturated heterocycles. The monoisotopic (exact) mass is 1110 g/mol. The number of nitrogens with one attached hydrogen (secondary N) is 6. The van der Waals surface area contributed by atoms with Gasteiger partial charge in [0.25, 0.3) is 0 Å². The number of hydrogen-bond acceptors (Lipinski definition) is 11. The van der Waals surface area contributed by atoms with Gasteiger partial charge in [0.1, 0.15) is 52.9 Å². The van der Waals surface area contributed by atoms with Crippen molar-refractivity contribution in [2.24, 2.45) is 11.8 Å². The van der Waals surface area contributed by atoms with Crippen LogP contribution in [0.15, 0.2) is 127 Å². The molecule has 1 aliphatic rings. The Kier molecular flexibility index (Phi) is 16.4. The molecule has 0 aliphatic carbocycles. The number of piperidine rings is 1. The van der Waals surface area contributed by atoms with Crippen LogP contribution in [0.3, 0.4) is 0 Å². The molecule has 7 heterocycles. The van der Waals surface area contributed by atoms with Crippen molar-refractivity contribution in [3.05, 3.63) is 157 Å². The molecular formula is C64H68F2N16O. The lowest BCUT2D eigenvalue weighted by molar-refractivity contribution is 0.183. The van der Waals surface area contributed by atoms with Crippen LogP contribution in [0.2, 0.25) is 0 Å². The maximum absolute atomic E-state index is 13.5. The number of halogens is 2. The summed E-state index contributed by atoms with van der Waals surface area (Å²) < 4.78 is 32.8. The van der Waals surface area contributed by atoms with Crippen LogP contribution in [-0.4, -0.2) is 107 Å². The summed E-state index contributed by atoms with van der Waals surface area (Å²) in [7, 11) is 0. The maximum Gasteiger partial charge on any atom is 0.181 e. The highest BCUT2D eigenvalue weighted by Gasteiger charge is 2.21. The summed E-state index contributed by atoms with van der Waals surface area (Å²) in [6.07, 6.45) is 5.70. The van der Waals surface area contributed by atoms with E-state index < -0.39 is 0 Å². The molecule has 12 aromatic rings. The van der Waals surface area contributed by atoms with Gasteiger partial charge in [-0.05, 0) is 141 Å². The van der Waals surface area contributed by atoms with Crippen molar-refractivity contribution < 1.29 is 13.5 Å². The molecule has 1 fully saturated rings. The van der Waals surface area contributed by atoms with Crippen molar-refractivity contribution in [3.8, 4) is 73.7 Å². The van der Waals surface area contributed by atoms with Crippen LogP contribution in [0.5, 0.6) is 5.75 Å². The molecule has 6 aromatic carbocycles. The second kappa shape index (κ2) is 24.5. The standard InChI is InChI=1S/C26H32N6O.2C19H18FN5/c1-18(2)15-24-27-26(31-29-24)20-9-10-23-22(17-20)25(30-28-23)19-7-6-8-21(16-19)33-14-13-32-11-4-3-5-12-32;1-19(2,3)18-21-17(24-25-18)12-6-9-15-14(10-12)16(23-22-15)11-4-7-13(20)8-5-11;1-11(2)8-17-21-19(25-23-17)13-6-7-16-15(10-13)18(24-22-16)12-4-3-5-14(20)9-12/h6-10,16-18H,3-5,11-15H2,1-2H3,(H,28,30)(H,27,29,31);4-10H,1-3H3,(H,22,23)(H,21,24,25);3-7,9-11H,8H2,1-2H3,(H,22,24)(H,21,23,25). The fourth-order valence-electron chi connectivity index (χ4n) is 10.1. The minimum absolute atomic E-state index is 0.0930. The number of benzene rings is 6. The molecule has 13 rings (SSSR count). The topological polar surface area (TPSA) is 223 Å². The Morgan fingerprint density at radius 1 is 0.470 bits per heavy atom. The lowest BCUT2D eigenvalue weighted by Gasteiger charge is -2.26. The number of ether oxygens (including phenoxy) is 1. The van der Waals surface area contributed by atoms with Crippen LogP contribution < -0.4 is 4.74 Å². The van der Waals surface area contributed by atoms with Gasteiger partial charge in [-0.15, -0.1) is 0 Å². The third kappa shape index (κ3) is 13.3. The Morgan fingerprint density at radius 2 is 0.940 bits per heavy atom. The first-order chi connectivity index (χ1) is 40.2. The van der Waals surface area contributed by atoms with Gasteiger partial charge < -0.3 is 4.74 Å². The van der Waals surface area contributed by atoms with Gasteiger partial charge in [0.2, 0.25) is 0 Å². The van der Waals surface area contributed by atoms with Crippen molar-refractivity contribution in [2.45, 2.75) is 86.0 Å². The van der Waals surface area contributed by atoms with Gasteiger partial charge in [-0.1, -0.05) is 79.2 Å². The largest absolute Gasteiger partial charge is 0.492 e. The van der Waals surface area contributed by atoms with E-state index in [9.17, 15) is 8.78 Å². The van der Waals surface area contributed by atoms with Crippen molar-refractivity contribution in [3.63, 3.8) is 0 Å². The summed E-state index contributed by atoms with van der Waals surface area (Å²) in [6, 6.07) is 39.0. The molecule has 6 N–H and O–H groups in total. The number of rotatable bonds is 14. The number of H-pyrrole nitrogens is 6. The van der Waals surface area contributed by atoms with Crippen LogP contribution in [0.25, 0.3) is 101 Å². The molecule has 0 saturated carbocycles. The van der Waals surface area contributed by atoms with Gasteiger partial charge >= 0.3 is 0 Å². The minimum atomic E-state index is -0.280. The van der Waals surface area contributed by atoms with E-state index in [4.69, 9.17) is 4.74 Å². The fraction of sp³-hybridized carbons (Fsp3) is 0.297. The van der Waals surface area contributed by atoms with Gasteiger partial charge in [-0.2, -0.15) is 30.6 Å². The summed E-state index contributed by atoms with van der Waals surface area (Å²) in [4.78, 5) is 16.4. The normalized spacial score (nSPS) is 13.0. The number of hydrogen-bond donors (Lipinski definition) is 6. The molecule has 19 heteroatoms. The second-order valence-corrected chi connectivity index (χ2v) is 23.0. The first-order valence-electron chi connectivity index (χ1n) is 28.4. The summed E-state index contributed by atoms with van der Waals surface area (Å²) in [5, 5.41) is 47.6. The van der Waals surface area contributed by atoms with E-state index in [2.05, 4.69) is 148 Å². The zero-order valence-corrected chi connectivity index (χ0v) is 47.8. The molecule has 1 aliphatic heterocycles. The maximum atomic E-state index is 13.5. The summed E-state index contributed by atoms with van der Waals surface area (Å²) in [6.45, 7) is 19.0. The van der Waals surface area contributed by atoms with E-state index in [1.165, 1.54) is 56.6 Å². The average molecular weight is 1120 g/mol. The Balaban J connectivity index is 0.000000132. The molecular weight excluding hydrogens is 1050 g/mol. The van der Waals surface area contributed by atoms with Crippen molar-refractivity contribution in [2.75, 3.05) is 26.2 Å². The predicted octanol–water partition coefficient (Wildman–Crippen LogP) is 13.9. The van der Waals surface area contributed by atoms with E-state index in [0.717, 1.165) is 126 Å². The molecule has 0 radical (unpaired) electrons. The van der Waals surface area contributed by atoms with Crippen LogP contribution >= 0.6 is 0 Å². The SMILES string of the molecule is CC(C)(C)c1nc(-c2ccc3[nH]nc(-c4ccc(F)cc4)c3c2)n[nH]1.CC(C)Cc1nc(-c2ccc3[nH]nc(-c4cccc(F)c4)c3c2)n[nH]1.CC(C)Cc1nc(-c2ccc3[nH]nc(-c4cccc(OCCN5CCCCC5)c4)c3c2)n[nH]1. The van der Waals surface area contributed by atoms with E-state index >= 15 is 0 Å². The van der Waals surface area contributed by atoms with E-state index in [-0.39, 0.29) is 17.0 Å². The molecule has 17 nitrogen and oxygen atoms in total. The van der Waals surface area contributed by atoms with Gasteiger partial charge in [0.05, 0.1) is 22.2 Å². The first kappa shape index (κ1) is 55.7. The van der Waals surface area contributed by atoms with Crippen molar-refractivity contribution in [1.29, 1.82) is 0 Å². The molecule has 0 bridgehead atoms. The highest BCUT2D eigenvalue weighted by Crippen LogP contribution is 2.34. The average Bonchev–Trinajstić information content (AvgIpc) is 4.54. The number of aromatic amines is 6. The summed E-state index contributed by atoms with van der Waals surface area (Å²) >= 11 is 0. The highest BCUT2D eigenvalue weighted by molar-refractivity contribution is 5.97. The van der Waals surface area contributed by atoms with Crippen LogP contribution in [0.4, 0.5) is 8.78 Å². The number of likely N-dealkylation sites (tertiary alicyclic amines) is 1. The van der Waals surface area contributed by atoms with E-state index in [1.807, 2.05) is 66.7 Å². The number of fused-ring (bicyclic) bond motifs is 3. The van der Waals surface area contributed by atoms with Gasteiger partial charge in [0.15, 0.2) is 17.5 Å². The lowest BCUT2D eigenvalue weighted by Crippen LogP contribution is -2.33. The van der Waals surface area contributed by atoms with Gasteiger partial charge in [-0.25, -0.2) is 23.7 Å². The van der Waals surface area contributed by atoms with Crippen LogP contribution in [-0.2, 0) is 18.3 Å². The molecule has 0 unspecified atom stereocenters. The molecule has 0 amide bonds. The molecule has 6 aromatic heterocycles. The third-order valence-electron chi connectivity index (χ3n) is 14.4. The van der Waals surface area contributed by atoms with Crippen molar-refractivity contribution >= 4 is 32.7 Å².